The Morgan fingerprint density at radius 3 is 2.69 bits per heavy atom. The second kappa shape index (κ2) is 7.92. The first-order chi connectivity index (χ1) is 7.76. The molecule has 0 spiro atoms. The van der Waals surface area contributed by atoms with E-state index in [1.54, 1.807) is 5.57 Å². The van der Waals surface area contributed by atoms with E-state index in [2.05, 4.69) is 26.8 Å². The molecule has 0 N–H and O–H groups in total. The zero-order valence-corrected chi connectivity index (χ0v) is 11.6. The van der Waals surface area contributed by atoms with Crippen molar-refractivity contribution in [3.63, 3.8) is 0 Å². The maximum Gasteiger partial charge on any atom is -0.0228 e. The van der Waals surface area contributed by atoms with Crippen LogP contribution in [0.3, 0.4) is 0 Å². The van der Waals surface area contributed by atoms with Crippen LogP contribution in [0, 0.1) is 11.8 Å². The van der Waals surface area contributed by atoms with Crippen molar-refractivity contribution in [2.45, 2.75) is 78.6 Å². The molecule has 2 atom stereocenters. The summed E-state index contributed by atoms with van der Waals surface area (Å²) >= 11 is 0. The fourth-order valence-electron chi connectivity index (χ4n) is 3.12. The Bertz CT molecular complexity index is 202. The van der Waals surface area contributed by atoms with E-state index >= 15 is 0 Å². The summed E-state index contributed by atoms with van der Waals surface area (Å²) in [5.41, 5.74) is 1.63. The van der Waals surface area contributed by atoms with Crippen LogP contribution < -0.4 is 0 Å². The van der Waals surface area contributed by atoms with Crippen LogP contribution in [0.2, 0.25) is 0 Å². The summed E-state index contributed by atoms with van der Waals surface area (Å²) in [7, 11) is 0. The molecule has 0 aliphatic heterocycles. The molecule has 0 radical (unpaired) electrons. The molecule has 1 rings (SSSR count). The highest BCUT2D eigenvalue weighted by Crippen LogP contribution is 2.33. The van der Waals surface area contributed by atoms with Gasteiger partial charge in [-0.3, -0.25) is 0 Å². The van der Waals surface area contributed by atoms with Gasteiger partial charge < -0.3 is 0 Å². The van der Waals surface area contributed by atoms with Gasteiger partial charge >= 0.3 is 0 Å². The highest BCUT2D eigenvalue weighted by atomic mass is 14.2. The molecule has 1 saturated carbocycles. The standard InChI is InChI=1S/C16H30/c1-4-6-9-15-10-7-11-16(13-15)12-14(3)8-5-2/h12,15-16H,4-11,13H2,1-3H3/b14-12+. The minimum absolute atomic E-state index is 0.905. The molecule has 0 amide bonds. The van der Waals surface area contributed by atoms with Crippen molar-refractivity contribution >= 4 is 0 Å². The van der Waals surface area contributed by atoms with Crippen molar-refractivity contribution in [2.24, 2.45) is 11.8 Å². The molecule has 1 aliphatic rings. The van der Waals surface area contributed by atoms with Crippen molar-refractivity contribution in [1.29, 1.82) is 0 Å². The van der Waals surface area contributed by atoms with Crippen LogP contribution >= 0.6 is 0 Å². The van der Waals surface area contributed by atoms with Crippen LogP contribution in [0.4, 0.5) is 0 Å². The first kappa shape index (κ1) is 13.8. The SMILES string of the molecule is CCCCC1CCCC(/C=C(\C)CCC)C1. The molecule has 16 heavy (non-hydrogen) atoms. The third-order valence-corrected chi connectivity index (χ3v) is 3.95. The molecule has 0 aromatic heterocycles. The summed E-state index contributed by atoms with van der Waals surface area (Å²) in [6, 6.07) is 0. The van der Waals surface area contributed by atoms with Gasteiger partial charge in [-0.25, -0.2) is 0 Å². The van der Waals surface area contributed by atoms with Crippen LogP contribution in [0.25, 0.3) is 0 Å². The van der Waals surface area contributed by atoms with E-state index < -0.39 is 0 Å². The van der Waals surface area contributed by atoms with E-state index in [9.17, 15) is 0 Å². The Kier molecular flexibility index (Phi) is 6.84. The predicted molar refractivity (Wildman–Crippen MR) is 73.6 cm³/mol. The number of hydrogen-bond acceptors (Lipinski definition) is 0. The number of hydrogen-bond donors (Lipinski definition) is 0. The zero-order chi connectivity index (χ0) is 11.8. The Morgan fingerprint density at radius 1 is 1.19 bits per heavy atom. The summed E-state index contributed by atoms with van der Waals surface area (Å²) < 4.78 is 0. The first-order valence-corrected chi connectivity index (χ1v) is 7.43. The molecule has 0 heterocycles. The molecule has 0 aromatic carbocycles. The predicted octanol–water partition coefficient (Wildman–Crippen LogP) is 5.73. The molecule has 94 valence electrons. The highest BCUT2D eigenvalue weighted by molar-refractivity contribution is 5.02. The van der Waals surface area contributed by atoms with Gasteiger partial charge in [-0.15, -0.1) is 0 Å². The van der Waals surface area contributed by atoms with E-state index in [0.717, 1.165) is 11.8 Å². The smallest absolute Gasteiger partial charge is 0.0228 e. The van der Waals surface area contributed by atoms with Gasteiger partial charge in [-0.05, 0) is 38.0 Å². The van der Waals surface area contributed by atoms with E-state index in [-0.39, 0.29) is 0 Å². The third kappa shape index (κ3) is 5.18. The molecule has 1 fully saturated rings. The molecule has 0 heteroatoms. The Labute approximate surface area is 103 Å². The number of rotatable bonds is 6. The minimum atomic E-state index is 0.905. The normalized spacial score (nSPS) is 27.1. The van der Waals surface area contributed by atoms with Crippen LogP contribution in [-0.2, 0) is 0 Å². The van der Waals surface area contributed by atoms with Gasteiger partial charge in [-0.2, -0.15) is 0 Å². The van der Waals surface area contributed by atoms with Crippen molar-refractivity contribution in [2.75, 3.05) is 0 Å². The van der Waals surface area contributed by atoms with Crippen LogP contribution in [0.5, 0.6) is 0 Å². The van der Waals surface area contributed by atoms with Crippen molar-refractivity contribution in [1.82, 2.24) is 0 Å². The monoisotopic (exact) mass is 222 g/mol. The topological polar surface area (TPSA) is 0 Å². The van der Waals surface area contributed by atoms with E-state index in [4.69, 9.17) is 0 Å². The highest BCUT2D eigenvalue weighted by Gasteiger charge is 2.19. The van der Waals surface area contributed by atoms with E-state index in [1.807, 2.05) is 0 Å². The molecule has 0 bridgehead atoms. The summed E-state index contributed by atoms with van der Waals surface area (Å²) in [5, 5.41) is 0. The molecule has 2 unspecified atom stereocenters. The van der Waals surface area contributed by atoms with Gasteiger partial charge in [0.25, 0.3) is 0 Å². The fraction of sp³-hybridized carbons (Fsp3) is 0.875. The molecular formula is C16H30. The van der Waals surface area contributed by atoms with E-state index in [0.29, 0.717) is 0 Å². The third-order valence-electron chi connectivity index (χ3n) is 3.95. The summed E-state index contributed by atoms with van der Waals surface area (Å²) in [6.07, 6.45) is 15.4. The summed E-state index contributed by atoms with van der Waals surface area (Å²) in [6.45, 7) is 6.91. The lowest BCUT2D eigenvalue weighted by Gasteiger charge is -2.27. The van der Waals surface area contributed by atoms with Gasteiger partial charge in [0, 0.05) is 0 Å². The van der Waals surface area contributed by atoms with Crippen molar-refractivity contribution in [3.8, 4) is 0 Å². The van der Waals surface area contributed by atoms with Gasteiger partial charge in [-0.1, -0.05) is 64.0 Å². The minimum Gasteiger partial charge on any atom is -0.0825 e. The average molecular weight is 222 g/mol. The van der Waals surface area contributed by atoms with Crippen LogP contribution in [-0.4, -0.2) is 0 Å². The second-order valence-corrected chi connectivity index (χ2v) is 5.70. The summed E-state index contributed by atoms with van der Waals surface area (Å²) in [5.74, 6) is 1.94. The van der Waals surface area contributed by atoms with E-state index in [1.165, 1.54) is 57.8 Å². The quantitative estimate of drug-likeness (QED) is 0.503. The average Bonchev–Trinajstić information content (AvgIpc) is 2.27. The van der Waals surface area contributed by atoms with Crippen molar-refractivity contribution in [3.05, 3.63) is 11.6 Å². The first-order valence-electron chi connectivity index (χ1n) is 7.43. The lowest BCUT2D eigenvalue weighted by molar-refractivity contribution is 0.284. The Morgan fingerprint density at radius 2 is 2.00 bits per heavy atom. The summed E-state index contributed by atoms with van der Waals surface area (Å²) in [4.78, 5) is 0. The molecule has 0 aromatic rings. The number of unbranched alkanes of at least 4 members (excludes halogenated alkanes) is 1. The molecule has 0 nitrogen and oxygen atoms in total. The fourth-order valence-corrected chi connectivity index (χ4v) is 3.12. The Balaban J connectivity index is 2.34. The van der Waals surface area contributed by atoms with Gasteiger partial charge in [0.1, 0.15) is 0 Å². The van der Waals surface area contributed by atoms with Crippen molar-refractivity contribution < 1.29 is 0 Å². The lowest BCUT2D eigenvalue weighted by Crippen LogP contribution is -2.14. The largest absolute Gasteiger partial charge is 0.0825 e. The zero-order valence-electron chi connectivity index (χ0n) is 11.6. The second-order valence-electron chi connectivity index (χ2n) is 5.70. The molecular weight excluding hydrogens is 192 g/mol. The van der Waals surface area contributed by atoms with Gasteiger partial charge in [0.2, 0.25) is 0 Å². The maximum atomic E-state index is 2.58. The van der Waals surface area contributed by atoms with Crippen LogP contribution in [0.15, 0.2) is 11.6 Å². The lowest BCUT2D eigenvalue weighted by atomic mass is 9.78. The number of allylic oxidation sites excluding steroid dienone is 2. The Hall–Kier alpha value is -0.260. The van der Waals surface area contributed by atoms with Gasteiger partial charge in [0.05, 0.1) is 0 Å². The maximum absolute atomic E-state index is 2.58. The molecule has 0 saturated heterocycles. The molecule has 1 aliphatic carbocycles. The van der Waals surface area contributed by atoms with Gasteiger partial charge in [0.15, 0.2) is 0 Å². The van der Waals surface area contributed by atoms with Crippen LogP contribution in [0.1, 0.15) is 78.6 Å².